The summed E-state index contributed by atoms with van der Waals surface area (Å²) in [6, 6.07) is 9.84. The lowest BCUT2D eigenvalue weighted by molar-refractivity contribution is -0.153. The zero-order chi connectivity index (χ0) is 17.6. The maximum Gasteiger partial charge on any atom is 0.312 e. The van der Waals surface area contributed by atoms with Crippen molar-refractivity contribution in [2.75, 3.05) is 26.2 Å². The fraction of sp³-hybridized carbons (Fsp3) is 0.600. The molecule has 2 saturated heterocycles. The van der Waals surface area contributed by atoms with Crippen LogP contribution < -0.4 is 0 Å². The molecule has 2 aliphatic rings. The van der Waals surface area contributed by atoms with Crippen LogP contribution in [0, 0.1) is 5.92 Å². The molecule has 1 atom stereocenters. The van der Waals surface area contributed by atoms with Crippen molar-refractivity contribution >= 4 is 11.8 Å². The molecule has 5 heteroatoms. The van der Waals surface area contributed by atoms with Gasteiger partial charge in [-0.25, -0.2) is 0 Å². The largest absolute Gasteiger partial charge is 0.376 e. The molecule has 0 spiro atoms. The summed E-state index contributed by atoms with van der Waals surface area (Å²) in [4.78, 5) is 29.0. The molecule has 0 bridgehead atoms. The molecule has 0 aliphatic carbocycles. The van der Waals surface area contributed by atoms with Crippen LogP contribution in [0.15, 0.2) is 30.3 Å². The molecule has 2 heterocycles. The van der Waals surface area contributed by atoms with Crippen molar-refractivity contribution in [3.05, 3.63) is 35.9 Å². The Bertz CT molecular complexity index is 576. The van der Waals surface area contributed by atoms with E-state index in [2.05, 4.69) is 6.92 Å². The van der Waals surface area contributed by atoms with Crippen LogP contribution in [0.5, 0.6) is 0 Å². The molecule has 0 aromatic heterocycles. The minimum Gasteiger partial charge on any atom is -0.376 e. The van der Waals surface area contributed by atoms with Gasteiger partial charge in [0.05, 0.1) is 6.10 Å². The van der Waals surface area contributed by atoms with Gasteiger partial charge in [0.25, 0.3) is 0 Å². The lowest BCUT2D eigenvalue weighted by Crippen LogP contribution is -2.49. The van der Waals surface area contributed by atoms with Crippen LogP contribution in [0.3, 0.4) is 0 Å². The molecule has 2 aliphatic heterocycles. The van der Waals surface area contributed by atoms with E-state index in [0.717, 1.165) is 37.9 Å². The van der Waals surface area contributed by atoms with Gasteiger partial charge < -0.3 is 14.5 Å². The first kappa shape index (κ1) is 17.9. The molecule has 25 heavy (non-hydrogen) atoms. The van der Waals surface area contributed by atoms with Gasteiger partial charge in [-0.05, 0) is 37.2 Å². The molecule has 2 amide bonds. The summed E-state index contributed by atoms with van der Waals surface area (Å²) in [5.74, 6) is -0.124. The average Bonchev–Trinajstić information content (AvgIpc) is 3.14. The summed E-state index contributed by atoms with van der Waals surface area (Å²) in [5.41, 5.74) is 1.04. The average molecular weight is 344 g/mol. The number of nitrogens with zero attached hydrogens (tertiary/aromatic N) is 2. The van der Waals surface area contributed by atoms with Gasteiger partial charge in [0.15, 0.2) is 0 Å². The molecule has 1 aromatic rings. The van der Waals surface area contributed by atoms with Crippen molar-refractivity contribution in [3.63, 3.8) is 0 Å². The third-order valence-corrected chi connectivity index (χ3v) is 5.21. The molecular formula is C20H28N2O3. The minimum atomic E-state index is -0.395. The Morgan fingerprint density at radius 1 is 1.16 bits per heavy atom. The third kappa shape index (κ3) is 4.82. The van der Waals surface area contributed by atoms with E-state index >= 15 is 0 Å². The van der Waals surface area contributed by atoms with Crippen molar-refractivity contribution in [1.82, 2.24) is 9.80 Å². The summed E-state index contributed by atoms with van der Waals surface area (Å²) in [7, 11) is 0. The fourth-order valence-electron chi connectivity index (χ4n) is 3.54. The molecular weight excluding hydrogens is 316 g/mol. The molecule has 2 fully saturated rings. The van der Waals surface area contributed by atoms with Gasteiger partial charge in [0.1, 0.15) is 0 Å². The summed E-state index contributed by atoms with van der Waals surface area (Å²) in [6.07, 6.45) is 3.97. The van der Waals surface area contributed by atoms with E-state index < -0.39 is 5.91 Å². The number of carbonyl (C=O) groups excluding carboxylic acids is 2. The third-order valence-electron chi connectivity index (χ3n) is 5.21. The SMILES string of the molecule is CC1CCN(C(=O)C(=O)N(Cc2ccccc2)CC2CCCO2)CC1. The van der Waals surface area contributed by atoms with E-state index in [4.69, 9.17) is 4.74 Å². The predicted molar refractivity (Wildman–Crippen MR) is 95.8 cm³/mol. The van der Waals surface area contributed by atoms with Gasteiger partial charge in [0, 0.05) is 32.8 Å². The number of carbonyl (C=O) groups is 2. The number of amides is 2. The van der Waals surface area contributed by atoms with E-state index in [1.807, 2.05) is 30.3 Å². The van der Waals surface area contributed by atoms with Crippen molar-refractivity contribution < 1.29 is 14.3 Å². The molecule has 0 N–H and O–H groups in total. The number of likely N-dealkylation sites (tertiary alicyclic amines) is 1. The first-order valence-electron chi connectivity index (χ1n) is 9.37. The summed E-state index contributed by atoms with van der Waals surface area (Å²) < 4.78 is 5.69. The monoisotopic (exact) mass is 344 g/mol. The standard InChI is InChI=1S/C20H28N2O3/c1-16-9-11-21(12-10-16)19(23)20(24)22(15-18-8-5-13-25-18)14-17-6-3-2-4-7-17/h2-4,6-7,16,18H,5,8-15H2,1H3. The van der Waals surface area contributed by atoms with E-state index in [9.17, 15) is 9.59 Å². The highest BCUT2D eigenvalue weighted by molar-refractivity contribution is 6.34. The van der Waals surface area contributed by atoms with E-state index in [1.54, 1.807) is 9.80 Å². The topological polar surface area (TPSA) is 49.9 Å². The van der Waals surface area contributed by atoms with Gasteiger partial charge in [-0.1, -0.05) is 37.3 Å². The molecule has 5 nitrogen and oxygen atoms in total. The maximum absolute atomic E-state index is 12.9. The van der Waals surface area contributed by atoms with Crippen LogP contribution in [-0.4, -0.2) is 54.0 Å². The summed E-state index contributed by atoms with van der Waals surface area (Å²) >= 11 is 0. The van der Waals surface area contributed by atoms with Crippen molar-refractivity contribution in [1.29, 1.82) is 0 Å². The normalized spacial score (nSPS) is 21.3. The van der Waals surface area contributed by atoms with Crippen LogP contribution in [0.1, 0.15) is 38.2 Å². The number of hydrogen-bond donors (Lipinski definition) is 0. The van der Waals surface area contributed by atoms with E-state index in [1.165, 1.54) is 0 Å². The minimum absolute atomic E-state index is 0.0434. The van der Waals surface area contributed by atoms with Crippen LogP contribution in [-0.2, 0) is 20.9 Å². The zero-order valence-corrected chi connectivity index (χ0v) is 15.0. The molecule has 1 unspecified atom stereocenters. The van der Waals surface area contributed by atoms with Crippen molar-refractivity contribution in [2.24, 2.45) is 5.92 Å². The molecule has 0 radical (unpaired) electrons. The Hall–Kier alpha value is -1.88. The van der Waals surface area contributed by atoms with Crippen LogP contribution >= 0.6 is 0 Å². The first-order valence-corrected chi connectivity index (χ1v) is 9.37. The first-order chi connectivity index (χ1) is 12.1. The maximum atomic E-state index is 12.9. The number of piperidine rings is 1. The molecule has 1 aromatic carbocycles. The Balaban J connectivity index is 1.68. The van der Waals surface area contributed by atoms with Gasteiger partial charge in [-0.2, -0.15) is 0 Å². The van der Waals surface area contributed by atoms with Crippen LogP contribution in [0.2, 0.25) is 0 Å². The second kappa shape index (κ2) is 8.48. The molecule has 0 saturated carbocycles. The van der Waals surface area contributed by atoms with Gasteiger partial charge >= 0.3 is 11.8 Å². The highest BCUT2D eigenvalue weighted by atomic mass is 16.5. The predicted octanol–water partition coefficient (Wildman–Crippen LogP) is 2.45. The summed E-state index contributed by atoms with van der Waals surface area (Å²) in [6.45, 7) is 5.26. The number of benzene rings is 1. The van der Waals surface area contributed by atoms with E-state index in [0.29, 0.717) is 32.1 Å². The Morgan fingerprint density at radius 3 is 2.52 bits per heavy atom. The Kier molecular flexibility index (Phi) is 6.08. The summed E-state index contributed by atoms with van der Waals surface area (Å²) in [5, 5.41) is 0. The number of hydrogen-bond acceptors (Lipinski definition) is 3. The highest BCUT2D eigenvalue weighted by Crippen LogP contribution is 2.19. The Morgan fingerprint density at radius 2 is 1.88 bits per heavy atom. The highest BCUT2D eigenvalue weighted by Gasteiger charge is 2.31. The lowest BCUT2D eigenvalue weighted by atomic mass is 9.99. The quantitative estimate of drug-likeness (QED) is 0.789. The fourth-order valence-corrected chi connectivity index (χ4v) is 3.54. The smallest absolute Gasteiger partial charge is 0.312 e. The van der Waals surface area contributed by atoms with Gasteiger partial charge in [-0.15, -0.1) is 0 Å². The number of rotatable bonds is 4. The zero-order valence-electron chi connectivity index (χ0n) is 15.0. The second-order valence-electron chi connectivity index (χ2n) is 7.28. The van der Waals surface area contributed by atoms with Crippen LogP contribution in [0.25, 0.3) is 0 Å². The van der Waals surface area contributed by atoms with Gasteiger partial charge in [-0.3, -0.25) is 9.59 Å². The molecule has 3 rings (SSSR count). The molecule has 136 valence electrons. The van der Waals surface area contributed by atoms with Crippen LogP contribution in [0.4, 0.5) is 0 Å². The van der Waals surface area contributed by atoms with E-state index in [-0.39, 0.29) is 12.0 Å². The Labute approximate surface area is 149 Å². The van der Waals surface area contributed by atoms with Crippen molar-refractivity contribution in [2.45, 2.75) is 45.3 Å². The second-order valence-corrected chi connectivity index (χ2v) is 7.28. The van der Waals surface area contributed by atoms with Gasteiger partial charge in [0.2, 0.25) is 0 Å². The number of ether oxygens (including phenoxy) is 1. The lowest BCUT2D eigenvalue weighted by Gasteiger charge is -2.32. The van der Waals surface area contributed by atoms with Crippen molar-refractivity contribution in [3.8, 4) is 0 Å².